The molecule has 2 N–H and O–H groups in total. The fraction of sp³-hybridized carbons (Fsp3) is 0.304. The van der Waals surface area contributed by atoms with Crippen LogP contribution in [-0.4, -0.2) is 44.7 Å². The smallest absolute Gasteiger partial charge is 0.191 e. The summed E-state index contributed by atoms with van der Waals surface area (Å²) in [7, 11) is 5.80. The number of rotatable bonds is 5. The molecule has 29 heavy (non-hydrogen) atoms. The molecule has 0 amide bonds. The fourth-order valence-corrected chi connectivity index (χ4v) is 3.59. The van der Waals surface area contributed by atoms with Gasteiger partial charge >= 0.3 is 0 Å². The number of hydrogen-bond acceptors (Lipinski definition) is 4. The summed E-state index contributed by atoms with van der Waals surface area (Å²) < 4.78 is 6.01. The molecule has 0 saturated heterocycles. The highest BCUT2D eigenvalue weighted by atomic mass is 16.5. The average Bonchev–Trinajstić information content (AvgIpc) is 3.16. The third-order valence-electron chi connectivity index (χ3n) is 5.13. The van der Waals surface area contributed by atoms with Crippen LogP contribution in [-0.2, 0) is 13.0 Å². The van der Waals surface area contributed by atoms with Crippen LogP contribution in [0.3, 0.4) is 0 Å². The molecule has 150 valence electrons. The maximum atomic E-state index is 6.01. The van der Waals surface area contributed by atoms with Gasteiger partial charge in [-0.3, -0.25) is 4.99 Å². The lowest BCUT2D eigenvalue weighted by molar-refractivity contribution is 0.235. The van der Waals surface area contributed by atoms with Crippen LogP contribution in [0.25, 0.3) is 10.9 Å². The molecule has 6 nitrogen and oxygen atoms in total. The molecule has 0 aliphatic carbocycles. The van der Waals surface area contributed by atoms with Gasteiger partial charge in [-0.05, 0) is 29.3 Å². The number of guanidine groups is 1. The van der Waals surface area contributed by atoms with Gasteiger partial charge in [0.25, 0.3) is 0 Å². The second-order valence-corrected chi connectivity index (χ2v) is 7.41. The Morgan fingerprint density at radius 3 is 2.72 bits per heavy atom. The number of aliphatic imine (C=N–C) groups is 1. The second kappa shape index (κ2) is 8.39. The van der Waals surface area contributed by atoms with E-state index in [1.807, 2.05) is 49.3 Å². The van der Waals surface area contributed by atoms with E-state index in [2.05, 4.69) is 39.9 Å². The third-order valence-corrected chi connectivity index (χ3v) is 5.13. The van der Waals surface area contributed by atoms with E-state index >= 15 is 0 Å². The first-order valence-corrected chi connectivity index (χ1v) is 9.89. The van der Waals surface area contributed by atoms with Gasteiger partial charge in [-0.15, -0.1) is 0 Å². The third kappa shape index (κ3) is 4.26. The zero-order chi connectivity index (χ0) is 20.2. The van der Waals surface area contributed by atoms with Crippen LogP contribution in [0, 0.1) is 0 Å². The molecule has 0 bridgehead atoms. The minimum absolute atomic E-state index is 0.119. The van der Waals surface area contributed by atoms with Gasteiger partial charge in [-0.25, -0.2) is 4.98 Å². The van der Waals surface area contributed by atoms with E-state index in [0.717, 1.165) is 34.9 Å². The molecule has 2 heterocycles. The summed E-state index contributed by atoms with van der Waals surface area (Å²) in [5, 5.41) is 7.96. The van der Waals surface area contributed by atoms with Crippen LogP contribution >= 0.6 is 0 Å². The topological polar surface area (TPSA) is 61.8 Å². The van der Waals surface area contributed by atoms with Gasteiger partial charge in [0, 0.05) is 39.5 Å². The quantitative estimate of drug-likeness (QED) is 0.519. The van der Waals surface area contributed by atoms with Crippen molar-refractivity contribution in [2.24, 2.45) is 4.99 Å². The number of para-hydroxylation sites is 2. The number of nitrogens with one attached hydrogen (secondary N) is 2. The Morgan fingerprint density at radius 2 is 1.93 bits per heavy atom. The first-order valence-electron chi connectivity index (χ1n) is 9.89. The van der Waals surface area contributed by atoms with E-state index in [1.54, 1.807) is 7.05 Å². The first kappa shape index (κ1) is 19.1. The summed E-state index contributed by atoms with van der Waals surface area (Å²) in [6.07, 6.45) is 1.04. The number of benzene rings is 2. The molecule has 0 saturated carbocycles. The van der Waals surface area contributed by atoms with E-state index in [0.29, 0.717) is 13.1 Å². The Hall–Kier alpha value is -3.28. The Bertz CT molecular complexity index is 1010. The molecule has 1 aromatic heterocycles. The van der Waals surface area contributed by atoms with Crippen LogP contribution in [0.4, 0.5) is 5.82 Å². The Morgan fingerprint density at radius 1 is 1.14 bits per heavy atom. The lowest BCUT2D eigenvalue weighted by Gasteiger charge is -2.18. The summed E-state index contributed by atoms with van der Waals surface area (Å²) in [5.74, 6) is 2.69. The maximum Gasteiger partial charge on any atom is 0.191 e. The van der Waals surface area contributed by atoms with Gasteiger partial charge in [0.1, 0.15) is 17.7 Å². The average molecular weight is 390 g/mol. The summed E-state index contributed by atoms with van der Waals surface area (Å²) in [6.45, 7) is 1.36. The van der Waals surface area contributed by atoms with Crippen molar-refractivity contribution in [1.82, 2.24) is 15.6 Å². The van der Waals surface area contributed by atoms with Crippen LogP contribution in [0.5, 0.6) is 5.75 Å². The zero-order valence-electron chi connectivity index (χ0n) is 17.1. The van der Waals surface area contributed by atoms with Crippen molar-refractivity contribution in [3.05, 3.63) is 65.7 Å². The van der Waals surface area contributed by atoms with Crippen molar-refractivity contribution in [1.29, 1.82) is 0 Å². The SMILES string of the molecule is CN=C(NCc1cc(N(C)C)nc2ccccc12)NCC1Cc2ccccc2O1. The molecule has 0 fully saturated rings. The minimum Gasteiger partial charge on any atom is -0.488 e. The monoisotopic (exact) mass is 389 g/mol. The zero-order valence-corrected chi connectivity index (χ0v) is 17.1. The van der Waals surface area contributed by atoms with Crippen molar-refractivity contribution in [3.8, 4) is 5.75 Å². The number of ether oxygens (including phenoxy) is 1. The lowest BCUT2D eigenvalue weighted by Crippen LogP contribution is -2.42. The van der Waals surface area contributed by atoms with Crippen LogP contribution in [0.2, 0.25) is 0 Å². The summed E-state index contributed by atoms with van der Waals surface area (Å²) >= 11 is 0. The normalized spacial score (nSPS) is 15.7. The second-order valence-electron chi connectivity index (χ2n) is 7.41. The van der Waals surface area contributed by atoms with E-state index in [1.165, 1.54) is 11.1 Å². The maximum absolute atomic E-state index is 6.01. The van der Waals surface area contributed by atoms with Crippen molar-refractivity contribution >= 4 is 22.7 Å². The molecule has 1 atom stereocenters. The number of hydrogen-bond donors (Lipinski definition) is 2. The molecule has 1 unspecified atom stereocenters. The van der Waals surface area contributed by atoms with Crippen LogP contribution in [0.15, 0.2) is 59.6 Å². The highest BCUT2D eigenvalue weighted by Crippen LogP contribution is 2.27. The molecule has 2 aromatic carbocycles. The Balaban J connectivity index is 1.40. The predicted octanol–water partition coefficient (Wildman–Crippen LogP) is 2.97. The lowest BCUT2D eigenvalue weighted by atomic mass is 10.1. The minimum atomic E-state index is 0.119. The number of fused-ring (bicyclic) bond motifs is 2. The number of pyridine rings is 1. The summed E-state index contributed by atoms with van der Waals surface area (Å²) in [4.78, 5) is 11.1. The highest BCUT2D eigenvalue weighted by Gasteiger charge is 2.22. The molecule has 1 aliphatic heterocycles. The predicted molar refractivity (Wildman–Crippen MR) is 119 cm³/mol. The first-order chi connectivity index (χ1) is 14.1. The molecule has 0 spiro atoms. The standard InChI is InChI=1S/C23H27N5O/c1-24-23(26-15-18-12-16-8-4-7-11-21(16)29-18)25-14-17-13-22(28(2)3)27-20-10-6-5-9-19(17)20/h4-11,13,18H,12,14-15H2,1-3H3,(H2,24,25,26). The summed E-state index contributed by atoms with van der Waals surface area (Å²) in [6, 6.07) is 18.6. The van der Waals surface area contributed by atoms with E-state index in [4.69, 9.17) is 9.72 Å². The van der Waals surface area contributed by atoms with E-state index in [-0.39, 0.29) is 6.10 Å². The molecule has 3 aromatic rings. The van der Waals surface area contributed by atoms with E-state index < -0.39 is 0 Å². The fourth-order valence-electron chi connectivity index (χ4n) is 3.59. The summed E-state index contributed by atoms with van der Waals surface area (Å²) in [5.41, 5.74) is 3.45. The molecular formula is C23H27N5O. The van der Waals surface area contributed by atoms with Gasteiger partial charge in [0.2, 0.25) is 0 Å². The Kier molecular flexibility index (Phi) is 5.51. The molecule has 4 rings (SSSR count). The largest absolute Gasteiger partial charge is 0.488 e. The van der Waals surface area contributed by atoms with Gasteiger partial charge in [-0.1, -0.05) is 36.4 Å². The molecule has 0 radical (unpaired) electrons. The van der Waals surface area contributed by atoms with Crippen LogP contribution in [0.1, 0.15) is 11.1 Å². The van der Waals surface area contributed by atoms with E-state index in [9.17, 15) is 0 Å². The molecule has 1 aliphatic rings. The number of aromatic nitrogens is 1. The van der Waals surface area contributed by atoms with Crippen molar-refractivity contribution in [2.45, 2.75) is 19.1 Å². The van der Waals surface area contributed by atoms with Gasteiger partial charge < -0.3 is 20.3 Å². The van der Waals surface area contributed by atoms with Crippen molar-refractivity contribution in [2.75, 3.05) is 32.6 Å². The van der Waals surface area contributed by atoms with Gasteiger partial charge in [-0.2, -0.15) is 0 Å². The molecule has 6 heteroatoms. The van der Waals surface area contributed by atoms with Crippen LogP contribution < -0.4 is 20.3 Å². The van der Waals surface area contributed by atoms with Gasteiger partial charge in [0.05, 0.1) is 12.1 Å². The highest BCUT2D eigenvalue weighted by molar-refractivity contribution is 5.85. The van der Waals surface area contributed by atoms with Crippen molar-refractivity contribution in [3.63, 3.8) is 0 Å². The van der Waals surface area contributed by atoms with Gasteiger partial charge in [0.15, 0.2) is 5.96 Å². The molecular weight excluding hydrogens is 362 g/mol. The number of anilines is 1. The van der Waals surface area contributed by atoms with Crippen molar-refractivity contribution < 1.29 is 4.74 Å². The number of nitrogens with zero attached hydrogens (tertiary/aromatic N) is 3. The Labute approximate surface area is 171 Å².